The SMILES string of the molecule is Cc1noc(C)c1CN1CCC2(CC1)CCn1c(-c3cccnc3)cnc12. The molecule has 6 nitrogen and oxygen atoms in total. The van der Waals surface area contributed by atoms with Crippen LogP contribution in [0.15, 0.2) is 35.2 Å². The van der Waals surface area contributed by atoms with E-state index in [0.29, 0.717) is 0 Å². The van der Waals surface area contributed by atoms with Gasteiger partial charge in [-0.05, 0) is 58.3 Å². The molecule has 0 aliphatic carbocycles. The summed E-state index contributed by atoms with van der Waals surface area (Å²) in [6.45, 7) is 8.23. The predicted molar refractivity (Wildman–Crippen MR) is 102 cm³/mol. The number of fused-ring (bicyclic) bond motifs is 2. The van der Waals surface area contributed by atoms with Gasteiger partial charge in [-0.1, -0.05) is 5.16 Å². The third-order valence-electron chi connectivity index (χ3n) is 6.48. The van der Waals surface area contributed by atoms with E-state index in [2.05, 4.69) is 25.7 Å². The maximum atomic E-state index is 5.33. The largest absolute Gasteiger partial charge is 0.361 e. The van der Waals surface area contributed by atoms with Crippen LogP contribution < -0.4 is 0 Å². The van der Waals surface area contributed by atoms with Crippen LogP contribution in [0.1, 0.15) is 42.1 Å². The summed E-state index contributed by atoms with van der Waals surface area (Å²) in [7, 11) is 0. The van der Waals surface area contributed by atoms with Crippen LogP contribution in [0.4, 0.5) is 0 Å². The number of pyridine rings is 1. The van der Waals surface area contributed by atoms with Crippen molar-refractivity contribution in [1.82, 2.24) is 24.6 Å². The van der Waals surface area contributed by atoms with Gasteiger partial charge in [-0.2, -0.15) is 0 Å². The van der Waals surface area contributed by atoms with E-state index < -0.39 is 0 Å². The summed E-state index contributed by atoms with van der Waals surface area (Å²) in [4.78, 5) is 11.7. The zero-order chi connectivity index (χ0) is 18.4. The van der Waals surface area contributed by atoms with Crippen molar-refractivity contribution in [1.29, 1.82) is 0 Å². The lowest BCUT2D eigenvalue weighted by atomic mass is 9.76. The highest BCUT2D eigenvalue weighted by Gasteiger charge is 2.44. The minimum atomic E-state index is 0.232. The summed E-state index contributed by atoms with van der Waals surface area (Å²) in [6.07, 6.45) is 9.31. The first-order valence-electron chi connectivity index (χ1n) is 9.77. The average molecular weight is 363 g/mol. The summed E-state index contributed by atoms with van der Waals surface area (Å²) in [5, 5.41) is 4.09. The number of hydrogen-bond acceptors (Lipinski definition) is 5. The van der Waals surface area contributed by atoms with Crippen molar-refractivity contribution < 1.29 is 4.52 Å². The number of likely N-dealkylation sites (tertiary alicyclic amines) is 1. The molecule has 0 amide bonds. The Labute approximate surface area is 159 Å². The quantitative estimate of drug-likeness (QED) is 0.713. The molecule has 0 bridgehead atoms. The highest BCUT2D eigenvalue weighted by atomic mass is 16.5. The molecular weight excluding hydrogens is 338 g/mol. The van der Waals surface area contributed by atoms with Crippen molar-refractivity contribution in [2.24, 2.45) is 0 Å². The topological polar surface area (TPSA) is 60.0 Å². The number of aromatic nitrogens is 4. The van der Waals surface area contributed by atoms with Crippen LogP contribution in [0, 0.1) is 13.8 Å². The second-order valence-electron chi connectivity index (χ2n) is 7.97. The zero-order valence-electron chi connectivity index (χ0n) is 16.0. The van der Waals surface area contributed by atoms with Crippen LogP contribution in [0.3, 0.4) is 0 Å². The van der Waals surface area contributed by atoms with E-state index in [0.717, 1.165) is 43.2 Å². The molecule has 0 atom stereocenters. The second-order valence-corrected chi connectivity index (χ2v) is 7.97. The lowest BCUT2D eigenvalue weighted by Gasteiger charge is -2.38. The first kappa shape index (κ1) is 16.7. The van der Waals surface area contributed by atoms with E-state index in [9.17, 15) is 0 Å². The van der Waals surface area contributed by atoms with E-state index in [1.165, 1.54) is 36.3 Å². The van der Waals surface area contributed by atoms with Gasteiger partial charge in [0.15, 0.2) is 0 Å². The lowest BCUT2D eigenvalue weighted by molar-refractivity contribution is 0.149. The molecular formula is C21H25N5O. The van der Waals surface area contributed by atoms with Gasteiger partial charge in [0.25, 0.3) is 0 Å². The molecule has 1 spiro atoms. The standard InChI is InChI=1S/C21H25N5O/c1-15-18(16(2)27-24-15)14-25-9-5-21(6-10-25)7-11-26-19(13-23-20(21)26)17-4-3-8-22-12-17/h3-4,8,12-13H,5-7,9-11,14H2,1-2H3. The monoisotopic (exact) mass is 363 g/mol. The lowest BCUT2D eigenvalue weighted by Crippen LogP contribution is -2.41. The van der Waals surface area contributed by atoms with Gasteiger partial charge in [-0.25, -0.2) is 4.98 Å². The number of rotatable bonds is 3. The van der Waals surface area contributed by atoms with Gasteiger partial charge in [0.05, 0.1) is 17.6 Å². The Morgan fingerprint density at radius 3 is 2.63 bits per heavy atom. The van der Waals surface area contributed by atoms with Crippen molar-refractivity contribution in [3.05, 3.63) is 53.6 Å². The van der Waals surface area contributed by atoms with Gasteiger partial charge < -0.3 is 9.09 Å². The van der Waals surface area contributed by atoms with E-state index >= 15 is 0 Å². The third kappa shape index (κ3) is 2.70. The summed E-state index contributed by atoms with van der Waals surface area (Å²) in [5.41, 5.74) is 4.86. The molecule has 0 aromatic carbocycles. The van der Waals surface area contributed by atoms with Crippen molar-refractivity contribution in [2.75, 3.05) is 13.1 Å². The van der Waals surface area contributed by atoms with E-state index in [4.69, 9.17) is 9.51 Å². The molecule has 5 rings (SSSR count). The second kappa shape index (κ2) is 6.30. The fraction of sp³-hybridized carbons (Fsp3) is 0.476. The van der Waals surface area contributed by atoms with Crippen molar-refractivity contribution >= 4 is 0 Å². The van der Waals surface area contributed by atoms with Crippen LogP contribution in [0.2, 0.25) is 0 Å². The maximum absolute atomic E-state index is 5.33. The molecule has 6 heteroatoms. The molecule has 27 heavy (non-hydrogen) atoms. The summed E-state index contributed by atoms with van der Waals surface area (Å²) in [5.74, 6) is 2.23. The molecule has 3 aromatic heterocycles. The molecule has 0 N–H and O–H groups in total. The fourth-order valence-corrected chi connectivity index (χ4v) is 4.77. The van der Waals surface area contributed by atoms with Gasteiger partial charge in [-0.3, -0.25) is 9.88 Å². The molecule has 1 saturated heterocycles. The van der Waals surface area contributed by atoms with Gasteiger partial charge in [0, 0.05) is 42.0 Å². The van der Waals surface area contributed by atoms with Crippen LogP contribution in [-0.2, 0) is 18.5 Å². The van der Waals surface area contributed by atoms with E-state index in [-0.39, 0.29) is 5.41 Å². The van der Waals surface area contributed by atoms with Gasteiger partial charge in [-0.15, -0.1) is 0 Å². The average Bonchev–Trinajstić information content (AvgIpc) is 3.36. The Bertz CT molecular complexity index is 931. The van der Waals surface area contributed by atoms with Crippen LogP contribution in [0.5, 0.6) is 0 Å². The van der Waals surface area contributed by atoms with E-state index in [1.807, 2.05) is 38.5 Å². The van der Waals surface area contributed by atoms with E-state index in [1.54, 1.807) is 0 Å². The molecule has 0 radical (unpaired) electrons. The number of nitrogens with zero attached hydrogens (tertiary/aromatic N) is 5. The molecule has 140 valence electrons. The minimum Gasteiger partial charge on any atom is -0.361 e. The van der Waals surface area contributed by atoms with Crippen LogP contribution in [-0.4, -0.2) is 37.7 Å². The highest BCUT2D eigenvalue weighted by Crippen LogP contribution is 2.44. The highest BCUT2D eigenvalue weighted by molar-refractivity contribution is 5.58. The fourth-order valence-electron chi connectivity index (χ4n) is 4.77. The van der Waals surface area contributed by atoms with Gasteiger partial charge in [0.1, 0.15) is 11.6 Å². The summed E-state index contributed by atoms with van der Waals surface area (Å²) < 4.78 is 7.74. The molecule has 2 aliphatic rings. The van der Waals surface area contributed by atoms with Gasteiger partial charge in [0.2, 0.25) is 0 Å². The van der Waals surface area contributed by atoms with Crippen molar-refractivity contribution in [2.45, 2.75) is 51.6 Å². The normalized spacial score (nSPS) is 18.9. The maximum Gasteiger partial charge on any atom is 0.138 e. The Kier molecular flexibility index (Phi) is 3.90. The number of piperidine rings is 1. The number of imidazole rings is 1. The Morgan fingerprint density at radius 2 is 1.93 bits per heavy atom. The number of aryl methyl sites for hydroxylation is 2. The predicted octanol–water partition coefficient (Wildman–Crippen LogP) is 3.49. The molecule has 0 saturated carbocycles. The summed E-state index contributed by atoms with van der Waals surface area (Å²) in [6, 6.07) is 4.11. The van der Waals surface area contributed by atoms with Crippen LogP contribution >= 0.6 is 0 Å². The van der Waals surface area contributed by atoms with Crippen LogP contribution in [0.25, 0.3) is 11.3 Å². The first-order valence-corrected chi connectivity index (χ1v) is 9.77. The van der Waals surface area contributed by atoms with Gasteiger partial charge >= 0.3 is 0 Å². The summed E-state index contributed by atoms with van der Waals surface area (Å²) >= 11 is 0. The Hall–Kier alpha value is -2.47. The van der Waals surface area contributed by atoms with Crippen molar-refractivity contribution in [3.8, 4) is 11.3 Å². The number of hydrogen-bond donors (Lipinski definition) is 0. The Morgan fingerprint density at radius 1 is 1.11 bits per heavy atom. The third-order valence-corrected chi connectivity index (χ3v) is 6.48. The molecule has 3 aromatic rings. The molecule has 5 heterocycles. The first-order chi connectivity index (χ1) is 13.2. The zero-order valence-corrected chi connectivity index (χ0v) is 16.0. The smallest absolute Gasteiger partial charge is 0.138 e. The molecule has 0 unspecified atom stereocenters. The molecule has 1 fully saturated rings. The van der Waals surface area contributed by atoms with Crippen molar-refractivity contribution in [3.63, 3.8) is 0 Å². The molecule has 2 aliphatic heterocycles. The Balaban J connectivity index is 1.34. The minimum absolute atomic E-state index is 0.232.